The van der Waals surface area contributed by atoms with Crippen LogP contribution in [-0.2, 0) is 17.8 Å². The first-order valence-electron chi connectivity index (χ1n) is 9.05. The molecule has 7 nitrogen and oxygen atoms in total. The monoisotopic (exact) mass is 352 g/mol. The topological polar surface area (TPSA) is 71.9 Å². The van der Waals surface area contributed by atoms with E-state index in [1.165, 1.54) is 5.56 Å². The molecule has 1 aliphatic rings. The average molecular weight is 352 g/mol. The summed E-state index contributed by atoms with van der Waals surface area (Å²) in [5.74, 6) is 0. The molecule has 1 saturated heterocycles. The van der Waals surface area contributed by atoms with E-state index < -0.39 is 0 Å². The lowest BCUT2D eigenvalue weighted by Crippen LogP contribution is -2.38. The van der Waals surface area contributed by atoms with Crippen molar-refractivity contribution in [2.24, 2.45) is 0 Å². The highest BCUT2D eigenvalue weighted by molar-refractivity contribution is 5.57. The molecular weight excluding hydrogens is 328 g/mol. The van der Waals surface area contributed by atoms with Crippen molar-refractivity contribution < 1.29 is 4.74 Å². The Morgan fingerprint density at radius 1 is 1.31 bits per heavy atom. The minimum Gasteiger partial charge on any atom is -0.369 e. The van der Waals surface area contributed by atoms with E-state index in [1.807, 2.05) is 23.0 Å². The largest absolute Gasteiger partial charge is 0.369 e. The summed E-state index contributed by atoms with van der Waals surface area (Å²) >= 11 is 0. The summed E-state index contributed by atoms with van der Waals surface area (Å²) in [7, 11) is 0. The van der Waals surface area contributed by atoms with Crippen molar-refractivity contribution >= 4 is 0 Å². The van der Waals surface area contributed by atoms with Crippen molar-refractivity contribution in [3.63, 3.8) is 0 Å². The summed E-state index contributed by atoms with van der Waals surface area (Å²) in [6, 6.07) is 6.05. The zero-order valence-electron chi connectivity index (χ0n) is 15.2. The Kier molecular flexibility index (Phi) is 4.81. The maximum Gasteiger partial charge on any atom is 0.112 e. The van der Waals surface area contributed by atoms with Crippen molar-refractivity contribution in [2.45, 2.75) is 33.0 Å². The third-order valence-electron chi connectivity index (χ3n) is 4.84. The van der Waals surface area contributed by atoms with Crippen LogP contribution in [0.3, 0.4) is 0 Å². The van der Waals surface area contributed by atoms with Gasteiger partial charge in [-0.3, -0.25) is 19.7 Å². The molecule has 0 saturated carbocycles. The number of nitrogens with zero attached hydrogens (tertiary/aromatic N) is 5. The highest BCUT2D eigenvalue weighted by Gasteiger charge is 2.24. The highest BCUT2D eigenvalue weighted by atomic mass is 16.5. The Morgan fingerprint density at radius 2 is 2.23 bits per heavy atom. The van der Waals surface area contributed by atoms with Crippen LogP contribution in [0, 0.1) is 6.92 Å². The number of aromatic amines is 1. The molecule has 0 spiro atoms. The van der Waals surface area contributed by atoms with Gasteiger partial charge in [0.1, 0.15) is 6.10 Å². The minimum absolute atomic E-state index is 0.00101. The average Bonchev–Trinajstić information content (AvgIpc) is 3.33. The highest BCUT2D eigenvalue weighted by Crippen LogP contribution is 2.24. The van der Waals surface area contributed by atoms with Crippen LogP contribution in [-0.4, -0.2) is 49.6 Å². The zero-order chi connectivity index (χ0) is 17.9. The second-order valence-electron chi connectivity index (χ2n) is 6.63. The molecule has 1 aliphatic heterocycles. The predicted octanol–water partition coefficient (Wildman–Crippen LogP) is 2.57. The lowest BCUT2D eigenvalue weighted by Gasteiger charge is -2.32. The van der Waals surface area contributed by atoms with Gasteiger partial charge in [-0.05, 0) is 32.0 Å². The summed E-state index contributed by atoms with van der Waals surface area (Å²) < 4.78 is 7.97. The molecule has 1 fully saturated rings. The van der Waals surface area contributed by atoms with E-state index in [-0.39, 0.29) is 6.10 Å². The number of H-pyrrole nitrogens is 1. The number of nitrogens with one attached hydrogen (secondary N) is 1. The second kappa shape index (κ2) is 7.39. The Bertz CT molecular complexity index is 840. The summed E-state index contributed by atoms with van der Waals surface area (Å²) in [6.45, 7) is 8.48. The smallest absolute Gasteiger partial charge is 0.112 e. The Labute approximate surface area is 153 Å². The van der Waals surface area contributed by atoms with E-state index in [2.05, 4.69) is 51.3 Å². The van der Waals surface area contributed by atoms with Gasteiger partial charge >= 0.3 is 0 Å². The number of aromatic nitrogens is 5. The maximum atomic E-state index is 5.97. The van der Waals surface area contributed by atoms with Crippen LogP contribution >= 0.6 is 0 Å². The second-order valence-corrected chi connectivity index (χ2v) is 6.63. The number of ether oxygens (including phenoxy) is 1. The van der Waals surface area contributed by atoms with Crippen LogP contribution in [0.2, 0.25) is 0 Å². The number of morpholine rings is 1. The first-order chi connectivity index (χ1) is 12.7. The van der Waals surface area contributed by atoms with E-state index in [1.54, 1.807) is 6.20 Å². The summed E-state index contributed by atoms with van der Waals surface area (Å²) in [4.78, 5) is 7.04. The maximum absolute atomic E-state index is 5.97. The third kappa shape index (κ3) is 3.54. The summed E-state index contributed by atoms with van der Waals surface area (Å²) in [5.41, 5.74) is 5.37. The van der Waals surface area contributed by atoms with E-state index in [0.29, 0.717) is 0 Å². The fourth-order valence-electron chi connectivity index (χ4n) is 3.31. The van der Waals surface area contributed by atoms with Crippen LogP contribution in [0.4, 0.5) is 0 Å². The molecule has 7 heteroatoms. The number of pyridine rings is 1. The van der Waals surface area contributed by atoms with Gasteiger partial charge in [0.2, 0.25) is 0 Å². The van der Waals surface area contributed by atoms with Crippen molar-refractivity contribution in [2.75, 3.05) is 19.7 Å². The fourth-order valence-corrected chi connectivity index (χ4v) is 3.31. The number of rotatable bonds is 5. The van der Waals surface area contributed by atoms with Crippen LogP contribution in [0.15, 0.2) is 36.8 Å². The first kappa shape index (κ1) is 16.9. The van der Waals surface area contributed by atoms with Crippen molar-refractivity contribution in [1.29, 1.82) is 0 Å². The Morgan fingerprint density at radius 3 is 2.92 bits per heavy atom. The van der Waals surface area contributed by atoms with Gasteiger partial charge in [-0.1, -0.05) is 0 Å². The molecule has 26 heavy (non-hydrogen) atoms. The van der Waals surface area contributed by atoms with E-state index in [4.69, 9.17) is 4.74 Å². The lowest BCUT2D eigenvalue weighted by molar-refractivity contribution is -0.0350. The normalized spacial score (nSPS) is 18.3. The van der Waals surface area contributed by atoms with Crippen LogP contribution in [0.25, 0.3) is 11.3 Å². The Balaban J connectivity index is 1.44. The van der Waals surface area contributed by atoms with Crippen LogP contribution in [0.5, 0.6) is 0 Å². The minimum atomic E-state index is 0.00101. The molecule has 4 rings (SSSR count). The Hall–Kier alpha value is -2.51. The standard InChI is InChI=1S/C19H24N6O/c1-3-25-12-16(14(2)23-25)11-24-8-9-26-19(13-24)18-5-4-15(10-20-18)17-6-7-21-22-17/h4-7,10,12,19H,3,8-9,11,13H2,1-2H3,(H,21,22). The van der Waals surface area contributed by atoms with Gasteiger partial charge in [0, 0.05) is 55.9 Å². The van der Waals surface area contributed by atoms with Gasteiger partial charge in [-0.25, -0.2) is 0 Å². The van der Waals surface area contributed by atoms with Gasteiger partial charge in [0.05, 0.1) is 23.7 Å². The molecule has 0 amide bonds. The van der Waals surface area contributed by atoms with E-state index in [9.17, 15) is 0 Å². The fraction of sp³-hybridized carbons (Fsp3) is 0.421. The van der Waals surface area contributed by atoms with Crippen molar-refractivity contribution in [3.05, 3.63) is 53.7 Å². The summed E-state index contributed by atoms with van der Waals surface area (Å²) in [6.07, 6.45) is 5.77. The van der Waals surface area contributed by atoms with Crippen molar-refractivity contribution in [1.82, 2.24) is 29.9 Å². The van der Waals surface area contributed by atoms with Gasteiger partial charge in [-0.2, -0.15) is 10.2 Å². The van der Waals surface area contributed by atoms with Crippen molar-refractivity contribution in [3.8, 4) is 11.3 Å². The molecule has 0 radical (unpaired) electrons. The van der Waals surface area contributed by atoms with E-state index >= 15 is 0 Å². The molecule has 3 aromatic heterocycles. The first-order valence-corrected chi connectivity index (χ1v) is 9.05. The van der Waals surface area contributed by atoms with Crippen LogP contribution < -0.4 is 0 Å². The van der Waals surface area contributed by atoms with Gasteiger partial charge < -0.3 is 4.74 Å². The molecule has 0 aliphatic carbocycles. The third-order valence-corrected chi connectivity index (χ3v) is 4.84. The molecule has 1 unspecified atom stereocenters. The zero-order valence-corrected chi connectivity index (χ0v) is 15.2. The molecular formula is C19H24N6O. The van der Waals surface area contributed by atoms with Gasteiger partial charge in [-0.15, -0.1) is 0 Å². The van der Waals surface area contributed by atoms with Gasteiger partial charge in [0.15, 0.2) is 0 Å². The van der Waals surface area contributed by atoms with E-state index in [0.717, 1.165) is 55.4 Å². The molecule has 136 valence electrons. The molecule has 3 aromatic rings. The molecule has 4 heterocycles. The molecule has 1 N–H and O–H groups in total. The van der Waals surface area contributed by atoms with Crippen LogP contribution in [0.1, 0.15) is 30.0 Å². The predicted molar refractivity (Wildman–Crippen MR) is 98.4 cm³/mol. The number of hydrogen-bond acceptors (Lipinski definition) is 5. The quantitative estimate of drug-likeness (QED) is 0.764. The summed E-state index contributed by atoms with van der Waals surface area (Å²) in [5, 5.41) is 11.5. The number of aryl methyl sites for hydroxylation is 2. The number of hydrogen-bond donors (Lipinski definition) is 1. The van der Waals surface area contributed by atoms with Gasteiger partial charge in [0.25, 0.3) is 0 Å². The SMILES string of the molecule is CCn1cc(CN2CCOC(c3ccc(-c4ccn[nH]4)cn3)C2)c(C)n1. The molecule has 1 atom stereocenters. The lowest BCUT2D eigenvalue weighted by atomic mass is 10.1. The molecule has 0 aromatic carbocycles. The molecule has 0 bridgehead atoms.